The van der Waals surface area contributed by atoms with Crippen LogP contribution >= 0.6 is 39.1 Å². The summed E-state index contributed by atoms with van der Waals surface area (Å²) in [6, 6.07) is 19.4. The summed E-state index contributed by atoms with van der Waals surface area (Å²) in [4.78, 5) is 28.5. The molecule has 1 aliphatic rings. The van der Waals surface area contributed by atoms with Crippen molar-refractivity contribution in [3.8, 4) is 0 Å². The summed E-state index contributed by atoms with van der Waals surface area (Å²) in [5.41, 5.74) is 10.2. The Morgan fingerprint density at radius 3 is 2.18 bits per heavy atom. The molecule has 1 aliphatic carbocycles. The van der Waals surface area contributed by atoms with E-state index in [0.29, 0.717) is 47.0 Å². The smallest absolute Gasteiger partial charge is 0.338 e. The lowest BCUT2D eigenvalue weighted by molar-refractivity contribution is -0.141. The highest BCUT2D eigenvalue weighted by Gasteiger charge is 2.22. The predicted molar refractivity (Wildman–Crippen MR) is 206 cm³/mol. The van der Waals surface area contributed by atoms with Crippen LogP contribution in [0.2, 0.25) is 10.0 Å². The van der Waals surface area contributed by atoms with Crippen molar-refractivity contribution in [3.63, 3.8) is 0 Å². The van der Waals surface area contributed by atoms with Gasteiger partial charge in [-0.1, -0.05) is 87.0 Å². The average molecular weight is 779 g/mol. The van der Waals surface area contributed by atoms with Gasteiger partial charge in [0, 0.05) is 42.8 Å². The number of benzene rings is 3. The molecule has 8 nitrogen and oxygen atoms in total. The third-order valence-electron chi connectivity index (χ3n) is 8.51. The summed E-state index contributed by atoms with van der Waals surface area (Å²) in [5, 5.41) is 4.41. The van der Waals surface area contributed by atoms with E-state index in [9.17, 15) is 9.59 Å². The first-order valence-electron chi connectivity index (χ1n) is 17.2. The minimum Gasteiger partial charge on any atom is -0.465 e. The van der Waals surface area contributed by atoms with Crippen molar-refractivity contribution in [1.29, 1.82) is 0 Å². The molecule has 4 rings (SSSR count). The fourth-order valence-electron chi connectivity index (χ4n) is 5.76. The molecule has 0 aliphatic heterocycles. The zero-order chi connectivity index (χ0) is 35.6. The fraction of sp³-hybridized carbons (Fsp3) is 0.474. The third-order valence-corrected chi connectivity index (χ3v) is 9.79. The van der Waals surface area contributed by atoms with Crippen LogP contribution < -0.4 is 11.1 Å². The van der Waals surface area contributed by atoms with E-state index in [1.807, 2.05) is 42.5 Å². The van der Waals surface area contributed by atoms with Crippen LogP contribution in [-0.4, -0.2) is 67.2 Å². The Morgan fingerprint density at radius 1 is 0.918 bits per heavy atom. The van der Waals surface area contributed by atoms with E-state index in [1.54, 1.807) is 18.2 Å². The molecule has 0 radical (unpaired) electrons. The molecule has 3 aromatic rings. The van der Waals surface area contributed by atoms with Crippen LogP contribution in [-0.2, 0) is 20.8 Å². The monoisotopic (exact) mass is 776 g/mol. The van der Waals surface area contributed by atoms with Gasteiger partial charge in [-0.05, 0) is 90.2 Å². The van der Waals surface area contributed by atoms with Crippen molar-refractivity contribution in [1.82, 2.24) is 9.80 Å². The Morgan fingerprint density at radius 2 is 1.57 bits per heavy atom. The number of hydrogen-bond donors (Lipinski definition) is 2. The minimum atomic E-state index is -0.349. The van der Waals surface area contributed by atoms with Crippen molar-refractivity contribution in [3.05, 3.63) is 86.3 Å². The van der Waals surface area contributed by atoms with Gasteiger partial charge < -0.3 is 20.5 Å². The first-order chi connectivity index (χ1) is 23.6. The Kier molecular flexibility index (Phi) is 18.3. The predicted octanol–water partition coefficient (Wildman–Crippen LogP) is 9.74. The van der Waals surface area contributed by atoms with Crippen LogP contribution in [0.25, 0.3) is 0 Å². The lowest BCUT2D eigenvalue weighted by Gasteiger charge is -2.34. The molecule has 268 valence electrons. The standard InChI is InChI=1S/C26H42BrN3O4.C12H9Cl2N/c1-4-6-12-29(13-15-33-20(3)31)14-16-34-26(32)21-17-22(25(28)24(27)18-21)19-30(5-2)23-10-8-7-9-11-23;13-10-7-4-8-11(14)12(10)15-9-5-2-1-3-6-9/h17-18,23H,4-16,19,28H2,1-3H3;1-8,15H. The number of rotatable bonds is 16. The van der Waals surface area contributed by atoms with Crippen LogP contribution in [0, 0.1) is 0 Å². The van der Waals surface area contributed by atoms with Crippen molar-refractivity contribution in [2.24, 2.45) is 0 Å². The highest BCUT2D eigenvalue weighted by Crippen LogP contribution is 2.32. The number of nitrogens with one attached hydrogen (secondary N) is 1. The van der Waals surface area contributed by atoms with Gasteiger partial charge in [0.1, 0.15) is 13.2 Å². The van der Waals surface area contributed by atoms with E-state index in [0.717, 1.165) is 53.9 Å². The van der Waals surface area contributed by atoms with Crippen molar-refractivity contribution in [2.45, 2.75) is 78.3 Å². The highest BCUT2D eigenvalue weighted by molar-refractivity contribution is 9.10. The number of carbonyl (C=O) groups is 2. The second-order valence-corrected chi connectivity index (χ2v) is 13.8. The third kappa shape index (κ3) is 14.1. The summed E-state index contributed by atoms with van der Waals surface area (Å²) in [5.74, 6) is -0.630. The Labute approximate surface area is 310 Å². The number of anilines is 3. The largest absolute Gasteiger partial charge is 0.465 e. The number of esters is 2. The minimum absolute atomic E-state index is 0.281. The second-order valence-electron chi connectivity index (χ2n) is 12.1. The maximum Gasteiger partial charge on any atom is 0.338 e. The zero-order valence-electron chi connectivity index (χ0n) is 29.0. The molecule has 11 heteroatoms. The maximum absolute atomic E-state index is 12.8. The van der Waals surface area contributed by atoms with E-state index in [2.05, 4.69) is 44.9 Å². The first-order valence-corrected chi connectivity index (χ1v) is 18.8. The molecule has 0 atom stereocenters. The average Bonchev–Trinajstić information content (AvgIpc) is 3.10. The quantitative estimate of drug-likeness (QED) is 0.110. The molecular formula is C38H51BrCl2N4O4. The molecule has 0 saturated heterocycles. The van der Waals surface area contributed by atoms with E-state index in [-0.39, 0.29) is 18.5 Å². The van der Waals surface area contributed by atoms with Crippen LogP contribution in [0.3, 0.4) is 0 Å². The summed E-state index contributed by atoms with van der Waals surface area (Å²) in [6.07, 6.45) is 8.44. The summed E-state index contributed by atoms with van der Waals surface area (Å²) >= 11 is 15.6. The van der Waals surface area contributed by atoms with E-state index < -0.39 is 0 Å². The number of nitrogens with zero attached hydrogens (tertiary/aromatic N) is 2. The number of unbranched alkanes of at least 4 members (excludes halogenated alkanes) is 1. The number of nitrogen functional groups attached to an aromatic ring is 1. The van der Waals surface area contributed by atoms with Gasteiger partial charge in [-0.2, -0.15) is 0 Å². The van der Waals surface area contributed by atoms with Crippen molar-refractivity contribution in [2.75, 3.05) is 50.4 Å². The zero-order valence-corrected chi connectivity index (χ0v) is 32.1. The molecule has 0 heterocycles. The number of nitrogens with two attached hydrogens (primary N) is 1. The molecular weight excluding hydrogens is 727 g/mol. The van der Waals surface area contributed by atoms with Gasteiger partial charge in [0.25, 0.3) is 0 Å². The number of ether oxygens (including phenoxy) is 2. The number of hydrogen-bond acceptors (Lipinski definition) is 8. The van der Waals surface area contributed by atoms with Gasteiger partial charge >= 0.3 is 11.9 Å². The fourth-order valence-corrected chi connectivity index (χ4v) is 6.75. The van der Waals surface area contributed by atoms with E-state index in [1.165, 1.54) is 39.0 Å². The summed E-state index contributed by atoms with van der Waals surface area (Å²) in [6.45, 7) is 10.1. The molecule has 3 aromatic carbocycles. The van der Waals surface area contributed by atoms with Gasteiger partial charge in [-0.3, -0.25) is 14.6 Å². The molecule has 0 amide bonds. The Bertz CT molecular complexity index is 1440. The van der Waals surface area contributed by atoms with Gasteiger partial charge in [0.05, 0.1) is 27.0 Å². The van der Waals surface area contributed by atoms with Crippen LogP contribution in [0.4, 0.5) is 17.1 Å². The molecule has 0 spiro atoms. The van der Waals surface area contributed by atoms with Crippen LogP contribution in [0.5, 0.6) is 0 Å². The SMILES string of the molecule is CCCCN(CCOC(C)=O)CCOC(=O)c1cc(Br)c(N)c(CN(CC)C2CCCCC2)c1.Clc1cccc(Cl)c1Nc1ccccc1. The number of carbonyl (C=O) groups excluding carboxylic acids is 2. The number of para-hydroxylation sites is 2. The van der Waals surface area contributed by atoms with Crippen molar-refractivity contribution >= 4 is 68.1 Å². The lowest BCUT2D eigenvalue weighted by atomic mass is 9.93. The number of halogens is 3. The van der Waals surface area contributed by atoms with E-state index in [4.69, 9.17) is 38.4 Å². The summed E-state index contributed by atoms with van der Waals surface area (Å²) in [7, 11) is 0. The molecule has 3 N–H and O–H groups in total. The molecule has 49 heavy (non-hydrogen) atoms. The molecule has 1 saturated carbocycles. The van der Waals surface area contributed by atoms with Gasteiger partial charge in [-0.25, -0.2) is 4.79 Å². The maximum atomic E-state index is 12.8. The Balaban J connectivity index is 0.000000357. The molecule has 0 aromatic heterocycles. The van der Waals surface area contributed by atoms with Crippen LogP contribution in [0.15, 0.2) is 65.1 Å². The van der Waals surface area contributed by atoms with Gasteiger partial charge in [-0.15, -0.1) is 0 Å². The topological polar surface area (TPSA) is 97.1 Å². The molecule has 1 fully saturated rings. The van der Waals surface area contributed by atoms with Crippen molar-refractivity contribution < 1.29 is 19.1 Å². The lowest BCUT2D eigenvalue weighted by Crippen LogP contribution is -2.36. The Hall–Kier alpha value is -2.82. The second kappa shape index (κ2) is 22.1. The molecule has 0 bridgehead atoms. The normalized spacial score (nSPS) is 13.1. The summed E-state index contributed by atoms with van der Waals surface area (Å²) < 4.78 is 11.4. The van der Waals surface area contributed by atoms with Gasteiger partial charge in [0.2, 0.25) is 0 Å². The van der Waals surface area contributed by atoms with Crippen LogP contribution in [0.1, 0.15) is 81.6 Å². The van der Waals surface area contributed by atoms with E-state index >= 15 is 0 Å². The first kappa shape index (κ1) is 40.6. The van der Waals surface area contributed by atoms with Gasteiger partial charge in [0.15, 0.2) is 0 Å². The highest BCUT2D eigenvalue weighted by atomic mass is 79.9. The molecule has 0 unspecified atom stereocenters.